The number of carbonyl (C=O) groups is 1. The van der Waals surface area contributed by atoms with Crippen LogP contribution in [0.2, 0.25) is 0 Å². The molecule has 116 valence electrons. The molecule has 0 atom stereocenters. The number of nitrogens with one attached hydrogen (secondary N) is 1. The summed E-state index contributed by atoms with van der Waals surface area (Å²) >= 11 is 3.07. The molecule has 0 unspecified atom stereocenters. The molecule has 0 heterocycles. The summed E-state index contributed by atoms with van der Waals surface area (Å²) in [5, 5.41) is 7.75. The molecule has 0 aromatic heterocycles. The van der Waals surface area contributed by atoms with Crippen LogP contribution in [-0.2, 0) is 10.0 Å². The number of carbonyl (C=O) groups excluding carboxylic acids is 1. The van der Waals surface area contributed by atoms with Crippen LogP contribution in [-0.4, -0.2) is 19.9 Å². The highest BCUT2D eigenvalue weighted by Crippen LogP contribution is 2.30. The maximum Gasteiger partial charge on any atom is 0.254 e. The van der Waals surface area contributed by atoms with Crippen LogP contribution in [0.5, 0.6) is 0 Å². The van der Waals surface area contributed by atoms with E-state index in [0.29, 0.717) is 0 Å². The van der Waals surface area contributed by atoms with Gasteiger partial charge in [0, 0.05) is 10.0 Å². The van der Waals surface area contributed by atoms with Gasteiger partial charge in [-0.15, -0.1) is 0 Å². The maximum absolute atomic E-state index is 14.3. The molecule has 1 saturated carbocycles. The summed E-state index contributed by atoms with van der Waals surface area (Å²) < 4.78 is 37.3. The van der Waals surface area contributed by atoms with E-state index in [1.807, 2.05) is 6.92 Å². The Labute approximate surface area is 131 Å². The van der Waals surface area contributed by atoms with E-state index in [-0.39, 0.29) is 15.6 Å². The third-order valence-corrected chi connectivity index (χ3v) is 5.05. The number of halogens is 2. The quantitative estimate of drug-likeness (QED) is 0.845. The molecular weight excluding hydrogens is 363 g/mol. The smallest absolute Gasteiger partial charge is 0.254 e. The summed E-state index contributed by atoms with van der Waals surface area (Å²) in [5.74, 6) is -1.76. The van der Waals surface area contributed by atoms with Gasteiger partial charge in [0.1, 0.15) is 4.90 Å². The van der Waals surface area contributed by atoms with E-state index in [0.717, 1.165) is 31.7 Å². The standard InChI is InChI=1S/C13H16BrFN2O3S/c1-13(4-2-3-5-13)17-12(18)9-6-8(14)7-10(11(9)15)21(16,19)20/h6-7H,2-5H2,1H3,(H,17,18)(H2,16,19,20). The van der Waals surface area contributed by atoms with Crippen LogP contribution in [0.1, 0.15) is 43.0 Å². The lowest BCUT2D eigenvalue weighted by molar-refractivity contribution is 0.0903. The number of amides is 1. The molecule has 3 N–H and O–H groups in total. The maximum atomic E-state index is 14.3. The Hall–Kier alpha value is -0.990. The minimum atomic E-state index is -4.24. The number of hydrogen-bond acceptors (Lipinski definition) is 3. The monoisotopic (exact) mass is 378 g/mol. The molecule has 0 spiro atoms. The summed E-state index contributed by atoms with van der Waals surface area (Å²) in [5.41, 5.74) is -0.713. The normalized spacial score (nSPS) is 17.7. The van der Waals surface area contributed by atoms with Crippen LogP contribution in [0, 0.1) is 5.82 Å². The Balaban J connectivity index is 2.40. The average molecular weight is 379 g/mol. The van der Waals surface area contributed by atoms with Crippen molar-refractivity contribution in [3.8, 4) is 0 Å². The van der Waals surface area contributed by atoms with E-state index in [4.69, 9.17) is 5.14 Å². The lowest BCUT2D eigenvalue weighted by atomic mass is 10.00. The number of sulfonamides is 1. The minimum absolute atomic E-state index is 0.273. The van der Waals surface area contributed by atoms with E-state index < -0.39 is 26.6 Å². The molecule has 8 heteroatoms. The molecule has 0 radical (unpaired) electrons. The molecule has 5 nitrogen and oxygen atoms in total. The molecule has 1 aromatic carbocycles. The highest BCUT2D eigenvalue weighted by Gasteiger charge is 2.32. The van der Waals surface area contributed by atoms with Crippen molar-refractivity contribution in [2.24, 2.45) is 5.14 Å². The molecule has 21 heavy (non-hydrogen) atoms. The van der Waals surface area contributed by atoms with Crippen molar-refractivity contribution in [1.29, 1.82) is 0 Å². The number of hydrogen-bond donors (Lipinski definition) is 2. The van der Waals surface area contributed by atoms with Gasteiger partial charge >= 0.3 is 0 Å². The lowest BCUT2D eigenvalue weighted by Crippen LogP contribution is -2.44. The predicted molar refractivity (Wildman–Crippen MR) is 79.8 cm³/mol. The van der Waals surface area contributed by atoms with Crippen LogP contribution in [0.4, 0.5) is 4.39 Å². The first kappa shape index (κ1) is 16.4. The van der Waals surface area contributed by atoms with Gasteiger partial charge in [-0.05, 0) is 31.9 Å². The number of nitrogens with two attached hydrogens (primary N) is 1. The topological polar surface area (TPSA) is 89.3 Å². The molecule has 2 rings (SSSR count). The van der Waals surface area contributed by atoms with E-state index in [1.165, 1.54) is 6.07 Å². The Morgan fingerprint density at radius 3 is 2.48 bits per heavy atom. The van der Waals surface area contributed by atoms with Crippen LogP contribution in [0.15, 0.2) is 21.5 Å². The summed E-state index contributed by atoms with van der Waals surface area (Å²) in [6, 6.07) is 2.29. The van der Waals surface area contributed by atoms with E-state index in [9.17, 15) is 17.6 Å². The number of benzene rings is 1. The van der Waals surface area contributed by atoms with E-state index in [2.05, 4.69) is 21.2 Å². The van der Waals surface area contributed by atoms with Crippen molar-refractivity contribution in [1.82, 2.24) is 5.32 Å². The second kappa shape index (κ2) is 5.66. The van der Waals surface area contributed by atoms with Crippen molar-refractivity contribution in [3.05, 3.63) is 28.0 Å². The fourth-order valence-corrected chi connectivity index (χ4v) is 3.82. The Bertz CT molecular complexity index is 685. The SMILES string of the molecule is CC1(NC(=O)c2cc(Br)cc(S(N)(=O)=O)c2F)CCCC1. The van der Waals surface area contributed by atoms with Crippen LogP contribution < -0.4 is 10.5 Å². The third-order valence-electron chi connectivity index (χ3n) is 3.68. The first-order valence-corrected chi connectivity index (χ1v) is 8.81. The third kappa shape index (κ3) is 3.61. The summed E-state index contributed by atoms with van der Waals surface area (Å²) in [6.07, 6.45) is 3.63. The van der Waals surface area contributed by atoms with Gasteiger partial charge in [0.2, 0.25) is 10.0 Å². The Morgan fingerprint density at radius 1 is 1.38 bits per heavy atom. The first-order valence-electron chi connectivity index (χ1n) is 6.47. The van der Waals surface area contributed by atoms with Gasteiger partial charge in [0.15, 0.2) is 5.82 Å². The zero-order chi connectivity index (χ0) is 15.8. The molecule has 0 saturated heterocycles. The van der Waals surface area contributed by atoms with Gasteiger partial charge in [-0.1, -0.05) is 28.8 Å². The molecule has 1 aromatic rings. The number of primary sulfonamides is 1. The van der Waals surface area contributed by atoms with Gasteiger partial charge in [0.05, 0.1) is 5.56 Å². The van der Waals surface area contributed by atoms with Crippen molar-refractivity contribution < 1.29 is 17.6 Å². The van der Waals surface area contributed by atoms with Gasteiger partial charge in [-0.2, -0.15) is 0 Å². The summed E-state index contributed by atoms with van der Waals surface area (Å²) in [6.45, 7) is 1.90. The fourth-order valence-electron chi connectivity index (χ4n) is 2.56. The van der Waals surface area contributed by atoms with Crippen molar-refractivity contribution in [3.63, 3.8) is 0 Å². The van der Waals surface area contributed by atoms with Gasteiger partial charge in [-0.25, -0.2) is 17.9 Å². The zero-order valence-corrected chi connectivity index (χ0v) is 13.9. The van der Waals surface area contributed by atoms with Crippen LogP contribution in [0.3, 0.4) is 0 Å². The summed E-state index contributed by atoms with van der Waals surface area (Å²) in [4.78, 5) is 11.6. The second-order valence-corrected chi connectivity index (χ2v) is 7.98. The van der Waals surface area contributed by atoms with Crippen LogP contribution >= 0.6 is 15.9 Å². The van der Waals surface area contributed by atoms with Crippen LogP contribution in [0.25, 0.3) is 0 Å². The van der Waals surface area contributed by atoms with E-state index >= 15 is 0 Å². The highest BCUT2D eigenvalue weighted by atomic mass is 79.9. The minimum Gasteiger partial charge on any atom is -0.347 e. The fraction of sp³-hybridized carbons (Fsp3) is 0.462. The molecule has 1 aliphatic carbocycles. The molecule has 0 bridgehead atoms. The lowest BCUT2D eigenvalue weighted by Gasteiger charge is -2.25. The Kier molecular flexibility index (Phi) is 4.41. The largest absolute Gasteiger partial charge is 0.347 e. The van der Waals surface area contributed by atoms with E-state index in [1.54, 1.807) is 0 Å². The van der Waals surface area contributed by atoms with Gasteiger partial charge < -0.3 is 5.32 Å². The second-order valence-electron chi connectivity index (χ2n) is 5.53. The average Bonchev–Trinajstić information content (AvgIpc) is 2.76. The van der Waals surface area contributed by atoms with Crippen molar-refractivity contribution in [2.75, 3.05) is 0 Å². The summed E-state index contributed by atoms with van der Waals surface area (Å²) in [7, 11) is -4.24. The van der Waals surface area contributed by atoms with Gasteiger partial charge in [-0.3, -0.25) is 4.79 Å². The first-order chi connectivity index (χ1) is 9.62. The van der Waals surface area contributed by atoms with Gasteiger partial charge in [0.25, 0.3) is 5.91 Å². The number of rotatable bonds is 3. The molecule has 1 fully saturated rings. The molecule has 1 aliphatic rings. The highest BCUT2D eigenvalue weighted by molar-refractivity contribution is 9.10. The predicted octanol–water partition coefficient (Wildman–Crippen LogP) is 2.30. The molecule has 1 amide bonds. The van der Waals surface area contributed by atoms with Crippen molar-refractivity contribution >= 4 is 31.9 Å². The Morgan fingerprint density at radius 2 is 1.95 bits per heavy atom. The molecular formula is C13H16BrFN2O3S. The van der Waals surface area contributed by atoms with Crippen molar-refractivity contribution in [2.45, 2.75) is 43.0 Å². The molecule has 0 aliphatic heterocycles. The zero-order valence-electron chi connectivity index (χ0n) is 11.4.